The topological polar surface area (TPSA) is 75.5 Å². The molecule has 216 valence electrons. The molecule has 2 heterocycles. The zero-order chi connectivity index (χ0) is 29.4. The minimum Gasteiger partial charge on any atom is -0.489 e. The predicted molar refractivity (Wildman–Crippen MR) is 155 cm³/mol. The Kier molecular flexibility index (Phi) is 9.76. The van der Waals surface area contributed by atoms with E-state index in [1.165, 1.54) is 6.07 Å². The van der Waals surface area contributed by atoms with Gasteiger partial charge in [0.05, 0.1) is 24.5 Å². The molecule has 0 amide bonds. The molecule has 0 bridgehead atoms. The normalized spacial score (nSPS) is 11.4. The highest BCUT2D eigenvalue weighted by molar-refractivity contribution is 5.69. The summed E-state index contributed by atoms with van der Waals surface area (Å²) in [5.41, 5.74) is 5.13. The molecule has 7 nitrogen and oxygen atoms in total. The monoisotopic (exact) mass is 559 g/mol. The van der Waals surface area contributed by atoms with E-state index in [-0.39, 0.29) is 24.2 Å². The molecular formula is C33H38FN3O4. The molecule has 0 aliphatic rings. The first-order valence-corrected chi connectivity index (χ1v) is 13.9. The molecule has 0 saturated heterocycles. The van der Waals surface area contributed by atoms with Crippen LogP contribution in [0.25, 0.3) is 0 Å². The number of esters is 1. The quantitative estimate of drug-likeness (QED) is 0.179. The van der Waals surface area contributed by atoms with Crippen molar-refractivity contribution in [3.8, 4) is 11.6 Å². The molecule has 0 aliphatic heterocycles. The molecule has 0 aliphatic carbocycles. The van der Waals surface area contributed by atoms with E-state index >= 15 is 0 Å². The number of benzene rings is 2. The highest BCUT2D eigenvalue weighted by Gasteiger charge is 2.21. The third-order valence-corrected chi connectivity index (χ3v) is 6.51. The summed E-state index contributed by atoms with van der Waals surface area (Å²) in [6.45, 7) is 11.6. The lowest BCUT2D eigenvalue weighted by molar-refractivity contribution is -0.143. The minimum absolute atomic E-state index is 0.120. The van der Waals surface area contributed by atoms with Crippen LogP contribution in [-0.4, -0.2) is 27.3 Å². The molecule has 8 heteroatoms. The van der Waals surface area contributed by atoms with Crippen LogP contribution in [0, 0.1) is 12.7 Å². The van der Waals surface area contributed by atoms with Gasteiger partial charge in [-0.05, 0) is 55.2 Å². The van der Waals surface area contributed by atoms with Gasteiger partial charge in [-0.2, -0.15) is 5.10 Å². The van der Waals surface area contributed by atoms with Gasteiger partial charge in [0.15, 0.2) is 0 Å². The number of aryl methyl sites for hydroxylation is 2. The van der Waals surface area contributed by atoms with E-state index < -0.39 is 5.82 Å². The lowest BCUT2D eigenvalue weighted by Crippen LogP contribution is -2.13. The van der Waals surface area contributed by atoms with Crippen molar-refractivity contribution in [3.63, 3.8) is 0 Å². The van der Waals surface area contributed by atoms with Gasteiger partial charge in [0.1, 0.15) is 24.8 Å². The van der Waals surface area contributed by atoms with Gasteiger partial charge in [0.2, 0.25) is 5.88 Å². The van der Waals surface area contributed by atoms with Crippen LogP contribution in [0.2, 0.25) is 0 Å². The number of halogens is 1. The fourth-order valence-electron chi connectivity index (χ4n) is 4.19. The zero-order valence-corrected chi connectivity index (χ0v) is 24.4. The third kappa shape index (κ3) is 8.64. The van der Waals surface area contributed by atoms with E-state index in [4.69, 9.17) is 19.3 Å². The van der Waals surface area contributed by atoms with Gasteiger partial charge in [0.25, 0.3) is 0 Å². The summed E-state index contributed by atoms with van der Waals surface area (Å²) in [7, 11) is 0. The zero-order valence-electron chi connectivity index (χ0n) is 24.4. The van der Waals surface area contributed by atoms with Crippen LogP contribution < -0.4 is 9.47 Å². The average Bonchev–Trinajstić information content (AvgIpc) is 3.34. The molecule has 4 aromatic rings. The number of nitrogens with zero attached hydrogens (tertiary/aromatic N) is 3. The fraction of sp³-hybridized carbons (Fsp3) is 0.364. The maximum Gasteiger partial charge on any atom is 0.306 e. The lowest BCUT2D eigenvalue weighted by Gasteiger charge is -2.14. The molecule has 0 radical (unpaired) electrons. The molecule has 4 rings (SSSR count). The number of pyridine rings is 1. The number of ether oxygens (including phenoxy) is 3. The average molecular weight is 560 g/mol. The maximum atomic E-state index is 14.5. The number of hydrogen-bond donors (Lipinski definition) is 0. The van der Waals surface area contributed by atoms with Gasteiger partial charge >= 0.3 is 5.97 Å². The number of aromatic nitrogens is 3. The number of carbonyl (C=O) groups is 1. The van der Waals surface area contributed by atoms with Crippen molar-refractivity contribution in [3.05, 3.63) is 106 Å². The third-order valence-electron chi connectivity index (χ3n) is 6.51. The maximum absolute atomic E-state index is 14.5. The Morgan fingerprint density at radius 1 is 0.951 bits per heavy atom. The number of rotatable bonds is 12. The van der Waals surface area contributed by atoms with Crippen molar-refractivity contribution in [2.75, 3.05) is 6.61 Å². The Morgan fingerprint density at radius 2 is 1.71 bits per heavy atom. The van der Waals surface area contributed by atoms with Crippen LogP contribution in [0.4, 0.5) is 4.39 Å². The summed E-state index contributed by atoms with van der Waals surface area (Å²) >= 11 is 0. The van der Waals surface area contributed by atoms with Crippen LogP contribution in [0.1, 0.15) is 67.9 Å². The van der Waals surface area contributed by atoms with Crippen LogP contribution in [0.3, 0.4) is 0 Å². The van der Waals surface area contributed by atoms with Crippen LogP contribution in [0.5, 0.6) is 11.6 Å². The first-order valence-electron chi connectivity index (χ1n) is 13.9. The van der Waals surface area contributed by atoms with Crippen molar-refractivity contribution >= 4 is 5.97 Å². The van der Waals surface area contributed by atoms with Crippen molar-refractivity contribution < 1.29 is 23.4 Å². The van der Waals surface area contributed by atoms with Gasteiger partial charge in [-0.25, -0.2) is 9.07 Å². The Bertz CT molecular complexity index is 1460. The summed E-state index contributed by atoms with van der Waals surface area (Å²) < 4.78 is 33.3. The highest BCUT2D eigenvalue weighted by atomic mass is 19.1. The van der Waals surface area contributed by atoms with E-state index in [0.29, 0.717) is 43.6 Å². The second-order valence-corrected chi connectivity index (χ2v) is 11.0. The summed E-state index contributed by atoms with van der Waals surface area (Å²) in [6.07, 6.45) is 0.431. The molecule has 2 aromatic carbocycles. The largest absolute Gasteiger partial charge is 0.489 e. The SMILES string of the molecule is CCOC(=O)CCc1ccc(OCc2ccc(Cn3nc(C(C)(C)C)cc3OCc3cccc(C)n3)cc2)cc1F. The lowest BCUT2D eigenvalue weighted by atomic mass is 9.93. The molecule has 2 aromatic heterocycles. The van der Waals surface area contributed by atoms with Crippen LogP contribution in [0.15, 0.2) is 66.7 Å². The minimum atomic E-state index is -0.396. The molecule has 0 spiro atoms. The van der Waals surface area contributed by atoms with Crippen LogP contribution >= 0.6 is 0 Å². The van der Waals surface area contributed by atoms with E-state index in [1.54, 1.807) is 19.1 Å². The van der Waals surface area contributed by atoms with Crippen LogP contribution in [-0.2, 0) is 41.1 Å². The molecule has 0 saturated carbocycles. The molecule has 0 unspecified atom stereocenters. The fourth-order valence-corrected chi connectivity index (χ4v) is 4.19. The molecule has 0 atom stereocenters. The van der Waals surface area contributed by atoms with Crippen molar-refractivity contribution in [2.24, 2.45) is 0 Å². The molecule has 0 N–H and O–H groups in total. The predicted octanol–water partition coefficient (Wildman–Crippen LogP) is 6.73. The van der Waals surface area contributed by atoms with E-state index in [9.17, 15) is 9.18 Å². The Morgan fingerprint density at radius 3 is 2.39 bits per heavy atom. The summed E-state index contributed by atoms with van der Waals surface area (Å²) in [5, 5.41) is 4.84. The summed E-state index contributed by atoms with van der Waals surface area (Å²) in [4.78, 5) is 16.1. The van der Waals surface area contributed by atoms with E-state index in [2.05, 4.69) is 25.8 Å². The Hall–Kier alpha value is -4.20. The second-order valence-electron chi connectivity index (χ2n) is 11.0. The first kappa shape index (κ1) is 29.8. The first-order chi connectivity index (χ1) is 19.6. The van der Waals surface area contributed by atoms with Gasteiger partial charge in [-0.1, -0.05) is 57.2 Å². The molecular weight excluding hydrogens is 521 g/mol. The van der Waals surface area contributed by atoms with Crippen molar-refractivity contribution in [2.45, 2.75) is 72.6 Å². The van der Waals surface area contributed by atoms with Gasteiger partial charge in [-0.3, -0.25) is 9.78 Å². The standard InChI is InChI=1S/C33H38FN3O4/c1-6-39-32(38)17-15-26-14-16-28(18-29(26)34)40-21-25-12-10-24(11-13-25)20-37-31(19-30(36-37)33(3,4)5)41-22-27-9-7-8-23(2)35-27/h7-14,16,18-19H,6,15,17,20-22H2,1-5H3. The molecule has 41 heavy (non-hydrogen) atoms. The van der Waals surface area contributed by atoms with Crippen molar-refractivity contribution in [1.82, 2.24) is 14.8 Å². The van der Waals surface area contributed by atoms with Gasteiger partial charge < -0.3 is 14.2 Å². The van der Waals surface area contributed by atoms with Gasteiger partial charge in [0, 0.05) is 29.7 Å². The summed E-state index contributed by atoms with van der Waals surface area (Å²) in [6, 6.07) is 20.7. The van der Waals surface area contributed by atoms with Crippen molar-refractivity contribution in [1.29, 1.82) is 0 Å². The smallest absolute Gasteiger partial charge is 0.306 e. The molecule has 0 fully saturated rings. The Balaban J connectivity index is 1.37. The highest BCUT2D eigenvalue weighted by Crippen LogP contribution is 2.27. The number of carbonyl (C=O) groups excluding carboxylic acids is 1. The second kappa shape index (κ2) is 13.4. The van der Waals surface area contributed by atoms with E-state index in [0.717, 1.165) is 28.2 Å². The van der Waals surface area contributed by atoms with E-state index in [1.807, 2.05) is 60.1 Å². The summed E-state index contributed by atoms with van der Waals surface area (Å²) in [5.74, 6) is 0.398. The van der Waals surface area contributed by atoms with Gasteiger partial charge in [-0.15, -0.1) is 0 Å². The number of hydrogen-bond acceptors (Lipinski definition) is 6. The Labute approximate surface area is 241 Å².